The van der Waals surface area contributed by atoms with Crippen LogP contribution in [-0.4, -0.2) is 26.5 Å². The van der Waals surface area contributed by atoms with Gasteiger partial charge in [-0.3, -0.25) is 4.98 Å². The summed E-state index contributed by atoms with van der Waals surface area (Å²) in [7, 11) is 0. The fraction of sp³-hybridized carbons (Fsp3) is 0.263. The van der Waals surface area contributed by atoms with Crippen LogP contribution in [0.25, 0.3) is 11.5 Å². The second-order valence-electron chi connectivity index (χ2n) is 6.26. The number of hydrogen-bond donors (Lipinski definition) is 0. The maximum atomic E-state index is 13.7. The summed E-state index contributed by atoms with van der Waals surface area (Å²) in [4.78, 5) is 19.6. The highest BCUT2D eigenvalue weighted by Gasteiger charge is 2.27. The molecule has 1 unspecified atom stereocenters. The molecule has 0 aliphatic carbocycles. The molecule has 3 aromatic heterocycles. The van der Waals surface area contributed by atoms with Crippen LogP contribution in [0.5, 0.6) is 0 Å². The van der Waals surface area contributed by atoms with Crippen LogP contribution in [0.3, 0.4) is 0 Å². The van der Waals surface area contributed by atoms with Crippen molar-refractivity contribution in [2.24, 2.45) is 0 Å². The van der Waals surface area contributed by atoms with Crippen LogP contribution in [0.4, 0.5) is 10.2 Å². The number of rotatable bonds is 2. The number of hydrogen-bond acceptors (Lipinski definition) is 5. The lowest BCUT2D eigenvalue weighted by Gasteiger charge is -2.35. The molecule has 5 nitrogen and oxygen atoms in total. The lowest BCUT2D eigenvalue weighted by molar-refractivity contribution is 0.561. The molecular weight excluding hydrogens is 317 g/mol. The van der Waals surface area contributed by atoms with Crippen molar-refractivity contribution in [2.45, 2.75) is 26.3 Å². The van der Waals surface area contributed by atoms with E-state index in [1.54, 1.807) is 6.20 Å². The van der Waals surface area contributed by atoms with Gasteiger partial charge in [0.15, 0.2) is 5.82 Å². The van der Waals surface area contributed by atoms with E-state index in [1.165, 1.54) is 6.07 Å². The van der Waals surface area contributed by atoms with Crippen molar-refractivity contribution in [1.29, 1.82) is 0 Å². The summed E-state index contributed by atoms with van der Waals surface area (Å²) < 4.78 is 13.7. The van der Waals surface area contributed by atoms with E-state index >= 15 is 0 Å². The number of halogens is 1. The summed E-state index contributed by atoms with van der Waals surface area (Å²) in [5.74, 6) is 0.846. The maximum absolute atomic E-state index is 13.7. The number of nitrogens with zero attached hydrogens (tertiary/aromatic N) is 5. The second kappa shape index (κ2) is 6.20. The van der Waals surface area contributed by atoms with Gasteiger partial charge >= 0.3 is 0 Å². The zero-order valence-corrected chi connectivity index (χ0v) is 14.1. The first kappa shape index (κ1) is 15.6. The van der Waals surface area contributed by atoms with Crippen LogP contribution in [0.15, 0.2) is 42.7 Å². The monoisotopic (exact) mass is 335 g/mol. The summed E-state index contributed by atoms with van der Waals surface area (Å²) in [5.41, 5.74) is 3.70. The zero-order valence-electron chi connectivity index (χ0n) is 14.1. The van der Waals surface area contributed by atoms with Gasteiger partial charge in [0.05, 0.1) is 11.7 Å². The molecule has 0 fully saturated rings. The Hall–Kier alpha value is -2.89. The molecule has 0 N–H and O–H groups in total. The third-order valence-electron chi connectivity index (χ3n) is 4.52. The molecule has 25 heavy (non-hydrogen) atoms. The number of pyridine rings is 2. The van der Waals surface area contributed by atoms with Crippen molar-refractivity contribution >= 4 is 5.82 Å². The quantitative estimate of drug-likeness (QED) is 0.671. The number of anilines is 1. The lowest BCUT2D eigenvalue weighted by atomic mass is 9.99. The number of aryl methyl sites for hydroxylation is 1. The van der Waals surface area contributed by atoms with Crippen LogP contribution in [0.2, 0.25) is 0 Å². The van der Waals surface area contributed by atoms with E-state index in [2.05, 4.69) is 26.8 Å². The molecule has 6 heteroatoms. The molecule has 0 saturated carbocycles. The Morgan fingerprint density at radius 1 is 1.16 bits per heavy atom. The van der Waals surface area contributed by atoms with E-state index in [0.29, 0.717) is 11.6 Å². The Labute approximate surface area is 145 Å². The van der Waals surface area contributed by atoms with Gasteiger partial charge in [0.2, 0.25) is 5.95 Å². The summed E-state index contributed by atoms with van der Waals surface area (Å²) in [5, 5.41) is 0. The van der Waals surface area contributed by atoms with Gasteiger partial charge in [0.25, 0.3) is 0 Å². The first-order chi connectivity index (χ1) is 12.1. The zero-order chi connectivity index (χ0) is 17.4. The molecule has 1 aliphatic heterocycles. The molecule has 0 amide bonds. The minimum absolute atomic E-state index is 0.0373. The minimum Gasteiger partial charge on any atom is -0.349 e. The Bertz CT molecular complexity index is 893. The first-order valence-electron chi connectivity index (χ1n) is 8.30. The van der Waals surface area contributed by atoms with Gasteiger partial charge in [0.1, 0.15) is 11.5 Å². The highest BCUT2D eigenvalue weighted by Crippen LogP contribution is 2.32. The van der Waals surface area contributed by atoms with Crippen molar-refractivity contribution < 1.29 is 4.39 Å². The van der Waals surface area contributed by atoms with Gasteiger partial charge in [-0.1, -0.05) is 6.07 Å². The Morgan fingerprint density at radius 3 is 2.80 bits per heavy atom. The van der Waals surface area contributed by atoms with Gasteiger partial charge in [-0.05, 0) is 43.7 Å². The highest BCUT2D eigenvalue weighted by molar-refractivity contribution is 5.51. The standard InChI is InChI=1S/C19H18FN5/c1-12-9-17(20)24-18(10-12)25-8-6-15-14(13(25)2)11-22-19(23-15)16-5-3-4-7-21-16/h3-5,7,9-11,13H,6,8H2,1-2H3. The Kier molecular flexibility index (Phi) is 3.87. The highest BCUT2D eigenvalue weighted by atomic mass is 19.1. The van der Waals surface area contributed by atoms with Crippen LogP contribution >= 0.6 is 0 Å². The predicted octanol–water partition coefficient (Wildman–Crippen LogP) is 3.50. The third kappa shape index (κ3) is 2.95. The van der Waals surface area contributed by atoms with Crippen LogP contribution in [0, 0.1) is 12.9 Å². The van der Waals surface area contributed by atoms with Crippen molar-refractivity contribution in [3.63, 3.8) is 0 Å². The normalized spacial score (nSPS) is 16.6. The van der Waals surface area contributed by atoms with Crippen LogP contribution < -0.4 is 4.90 Å². The van der Waals surface area contributed by atoms with E-state index in [4.69, 9.17) is 4.98 Å². The van der Waals surface area contributed by atoms with E-state index < -0.39 is 5.95 Å². The van der Waals surface area contributed by atoms with Crippen LogP contribution in [0.1, 0.15) is 29.8 Å². The van der Waals surface area contributed by atoms with Crippen molar-refractivity contribution in [3.8, 4) is 11.5 Å². The van der Waals surface area contributed by atoms with Gasteiger partial charge in [0, 0.05) is 30.9 Å². The maximum Gasteiger partial charge on any atom is 0.215 e. The molecule has 0 saturated heterocycles. The largest absolute Gasteiger partial charge is 0.349 e. The molecule has 1 aliphatic rings. The molecule has 0 spiro atoms. The Morgan fingerprint density at radius 2 is 2.04 bits per heavy atom. The van der Waals surface area contributed by atoms with Gasteiger partial charge in [-0.2, -0.15) is 4.39 Å². The molecular formula is C19H18FN5. The summed E-state index contributed by atoms with van der Waals surface area (Å²) in [6.07, 6.45) is 4.36. The lowest BCUT2D eigenvalue weighted by Crippen LogP contribution is -2.35. The number of fused-ring (bicyclic) bond motifs is 1. The summed E-state index contributed by atoms with van der Waals surface area (Å²) in [6, 6.07) is 9.08. The molecule has 1 atom stereocenters. The van der Waals surface area contributed by atoms with Crippen molar-refractivity contribution in [2.75, 3.05) is 11.4 Å². The molecule has 0 bridgehead atoms. The smallest absolute Gasteiger partial charge is 0.215 e. The third-order valence-corrected chi connectivity index (χ3v) is 4.52. The Balaban J connectivity index is 1.68. The SMILES string of the molecule is Cc1cc(F)nc(N2CCc3nc(-c4ccccn4)ncc3C2C)c1. The minimum atomic E-state index is -0.449. The van der Waals surface area contributed by atoms with Gasteiger partial charge < -0.3 is 4.90 Å². The number of aromatic nitrogens is 4. The molecule has 0 aromatic carbocycles. The van der Waals surface area contributed by atoms with E-state index in [-0.39, 0.29) is 6.04 Å². The molecule has 4 heterocycles. The fourth-order valence-electron chi connectivity index (χ4n) is 3.25. The first-order valence-corrected chi connectivity index (χ1v) is 8.30. The van der Waals surface area contributed by atoms with Crippen molar-refractivity contribution in [1.82, 2.24) is 19.9 Å². The van der Waals surface area contributed by atoms with E-state index in [1.807, 2.05) is 37.4 Å². The predicted molar refractivity (Wildman–Crippen MR) is 93.7 cm³/mol. The molecule has 3 aromatic rings. The average molecular weight is 335 g/mol. The van der Waals surface area contributed by atoms with E-state index in [9.17, 15) is 4.39 Å². The molecule has 4 rings (SSSR count). The fourth-order valence-corrected chi connectivity index (χ4v) is 3.25. The van der Waals surface area contributed by atoms with Gasteiger partial charge in [-0.25, -0.2) is 15.0 Å². The summed E-state index contributed by atoms with van der Waals surface area (Å²) >= 11 is 0. The van der Waals surface area contributed by atoms with Gasteiger partial charge in [-0.15, -0.1) is 0 Å². The molecule has 126 valence electrons. The van der Waals surface area contributed by atoms with E-state index in [0.717, 1.165) is 35.5 Å². The van der Waals surface area contributed by atoms with Crippen molar-refractivity contribution in [3.05, 3.63) is 65.5 Å². The van der Waals surface area contributed by atoms with Crippen LogP contribution in [-0.2, 0) is 6.42 Å². The second-order valence-corrected chi connectivity index (χ2v) is 6.26. The molecule has 0 radical (unpaired) electrons. The topological polar surface area (TPSA) is 54.8 Å². The average Bonchev–Trinajstić information content (AvgIpc) is 2.61. The summed E-state index contributed by atoms with van der Waals surface area (Å²) in [6.45, 7) is 4.69.